The van der Waals surface area contributed by atoms with E-state index in [1.54, 1.807) is 18.6 Å². The summed E-state index contributed by atoms with van der Waals surface area (Å²) in [7, 11) is 0. The van der Waals surface area contributed by atoms with Gasteiger partial charge in [-0.05, 0) is 35.9 Å². The number of benzene rings is 2. The van der Waals surface area contributed by atoms with Crippen molar-refractivity contribution in [3.63, 3.8) is 0 Å². The summed E-state index contributed by atoms with van der Waals surface area (Å²) in [6.45, 7) is 0.539. The SMILES string of the molecule is O=C(Nc1ccccc1)c1cc(-c2ccccc2)nc2c1cnn2Cc1ccncc1. The smallest absolute Gasteiger partial charge is 0.256 e. The molecule has 0 aliphatic heterocycles. The zero-order valence-electron chi connectivity index (χ0n) is 16.6. The van der Waals surface area contributed by atoms with Gasteiger partial charge in [-0.15, -0.1) is 0 Å². The third-order valence-electron chi connectivity index (χ3n) is 5.04. The van der Waals surface area contributed by atoms with Gasteiger partial charge in [0, 0.05) is 23.6 Å². The highest BCUT2D eigenvalue weighted by Gasteiger charge is 2.18. The fraction of sp³-hybridized carbons (Fsp3) is 0.0400. The summed E-state index contributed by atoms with van der Waals surface area (Å²) in [6, 6.07) is 25.0. The van der Waals surface area contributed by atoms with Gasteiger partial charge in [-0.25, -0.2) is 9.67 Å². The van der Waals surface area contributed by atoms with E-state index in [1.807, 2.05) is 83.5 Å². The van der Waals surface area contributed by atoms with Crippen LogP contribution in [0.3, 0.4) is 0 Å². The van der Waals surface area contributed by atoms with Crippen molar-refractivity contribution in [3.05, 3.63) is 109 Å². The van der Waals surface area contributed by atoms with E-state index in [-0.39, 0.29) is 5.91 Å². The molecule has 0 atom stereocenters. The Morgan fingerprint density at radius 1 is 0.903 bits per heavy atom. The van der Waals surface area contributed by atoms with Crippen molar-refractivity contribution < 1.29 is 4.79 Å². The molecule has 150 valence electrons. The van der Waals surface area contributed by atoms with Crippen LogP contribution in [-0.2, 0) is 6.54 Å². The molecule has 0 saturated carbocycles. The number of hydrogen-bond acceptors (Lipinski definition) is 4. The Morgan fingerprint density at radius 2 is 1.61 bits per heavy atom. The van der Waals surface area contributed by atoms with Crippen LogP contribution in [0.4, 0.5) is 5.69 Å². The molecule has 0 saturated heterocycles. The predicted octanol–water partition coefficient (Wildman–Crippen LogP) is 4.79. The second kappa shape index (κ2) is 8.20. The minimum atomic E-state index is -0.195. The number of carbonyl (C=O) groups excluding carboxylic acids is 1. The molecule has 0 spiro atoms. The summed E-state index contributed by atoms with van der Waals surface area (Å²) in [5, 5.41) is 8.22. The number of nitrogens with one attached hydrogen (secondary N) is 1. The number of anilines is 1. The van der Waals surface area contributed by atoms with E-state index in [1.165, 1.54) is 0 Å². The highest BCUT2D eigenvalue weighted by Crippen LogP contribution is 2.26. The van der Waals surface area contributed by atoms with Crippen molar-refractivity contribution in [2.45, 2.75) is 6.54 Å². The molecule has 6 heteroatoms. The first kappa shape index (κ1) is 18.7. The van der Waals surface area contributed by atoms with Gasteiger partial charge in [0.25, 0.3) is 5.91 Å². The van der Waals surface area contributed by atoms with Crippen LogP contribution >= 0.6 is 0 Å². The lowest BCUT2D eigenvalue weighted by molar-refractivity contribution is 0.102. The third-order valence-corrected chi connectivity index (χ3v) is 5.04. The van der Waals surface area contributed by atoms with Gasteiger partial charge < -0.3 is 5.32 Å². The lowest BCUT2D eigenvalue weighted by Gasteiger charge is -2.10. The van der Waals surface area contributed by atoms with Crippen LogP contribution in [-0.4, -0.2) is 25.7 Å². The number of fused-ring (bicyclic) bond motifs is 1. The number of aromatic nitrogens is 4. The van der Waals surface area contributed by atoms with E-state index in [2.05, 4.69) is 15.4 Å². The molecular weight excluding hydrogens is 386 g/mol. The lowest BCUT2D eigenvalue weighted by Crippen LogP contribution is -2.13. The molecule has 5 rings (SSSR count). The maximum absolute atomic E-state index is 13.2. The highest BCUT2D eigenvalue weighted by molar-refractivity contribution is 6.12. The Kier molecular flexibility index (Phi) is 4.94. The summed E-state index contributed by atoms with van der Waals surface area (Å²) in [4.78, 5) is 22.1. The van der Waals surface area contributed by atoms with Crippen LogP contribution in [0.2, 0.25) is 0 Å². The molecule has 5 aromatic rings. The molecule has 31 heavy (non-hydrogen) atoms. The number of amides is 1. The standard InChI is InChI=1S/C25H19N5O/c31-25(28-20-9-5-2-6-10-20)21-15-23(19-7-3-1-4-8-19)29-24-22(21)16-27-30(24)17-18-11-13-26-14-12-18/h1-16H,17H2,(H,28,31). The molecular formula is C25H19N5O. The number of nitrogens with zero attached hydrogens (tertiary/aromatic N) is 4. The Morgan fingerprint density at radius 3 is 2.35 bits per heavy atom. The number of rotatable bonds is 5. The van der Waals surface area contributed by atoms with Crippen molar-refractivity contribution in [2.75, 3.05) is 5.32 Å². The van der Waals surface area contributed by atoms with Gasteiger partial charge in [0.15, 0.2) is 5.65 Å². The zero-order valence-corrected chi connectivity index (χ0v) is 16.6. The fourth-order valence-electron chi connectivity index (χ4n) is 3.49. The Labute approximate surface area is 179 Å². The van der Waals surface area contributed by atoms with Crippen LogP contribution in [0, 0.1) is 0 Å². The van der Waals surface area contributed by atoms with Crippen molar-refractivity contribution in [1.82, 2.24) is 19.7 Å². The van der Waals surface area contributed by atoms with E-state index in [9.17, 15) is 4.79 Å². The minimum Gasteiger partial charge on any atom is -0.322 e. The first-order valence-electron chi connectivity index (χ1n) is 9.95. The van der Waals surface area contributed by atoms with Gasteiger partial charge in [0.2, 0.25) is 0 Å². The number of para-hydroxylation sites is 1. The molecule has 0 aliphatic carbocycles. The summed E-state index contributed by atoms with van der Waals surface area (Å²) < 4.78 is 1.82. The van der Waals surface area contributed by atoms with E-state index >= 15 is 0 Å². The average Bonchev–Trinajstić information content (AvgIpc) is 3.23. The van der Waals surface area contributed by atoms with Gasteiger partial charge in [0.05, 0.1) is 29.4 Å². The van der Waals surface area contributed by atoms with Crippen LogP contribution in [0.15, 0.2) is 97.5 Å². The molecule has 0 radical (unpaired) electrons. The molecule has 3 heterocycles. The number of carbonyl (C=O) groups is 1. The average molecular weight is 405 g/mol. The Hall–Kier alpha value is -4.32. The predicted molar refractivity (Wildman–Crippen MR) is 121 cm³/mol. The molecule has 0 unspecified atom stereocenters. The topological polar surface area (TPSA) is 72.7 Å². The number of pyridine rings is 2. The zero-order chi connectivity index (χ0) is 21.0. The van der Waals surface area contributed by atoms with Gasteiger partial charge in [0.1, 0.15) is 0 Å². The van der Waals surface area contributed by atoms with E-state index < -0.39 is 0 Å². The van der Waals surface area contributed by atoms with Gasteiger partial charge in [-0.3, -0.25) is 9.78 Å². The van der Waals surface area contributed by atoms with Crippen LogP contribution in [0.25, 0.3) is 22.3 Å². The third kappa shape index (κ3) is 3.91. The molecule has 0 aliphatic rings. The molecule has 2 aromatic carbocycles. The normalized spacial score (nSPS) is 10.8. The maximum atomic E-state index is 13.2. The molecule has 6 nitrogen and oxygen atoms in total. The lowest BCUT2D eigenvalue weighted by atomic mass is 10.1. The summed E-state index contributed by atoms with van der Waals surface area (Å²) in [5.74, 6) is -0.195. The molecule has 3 aromatic heterocycles. The first-order valence-corrected chi connectivity index (χ1v) is 9.95. The van der Waals surface area contributed by atoms with Crippen molar-refractivity contribution in [3.8, 4) is 11.3 Å². The number of hydrogen-bond donors (Lipinski definition) is 1. The second-order valence-electron chi connectivity index (χ2n) is 7.14. The second-order valence-corrected chi connectivity index (χ2v) is 7.14. The first-order chi connectivity index (χ1) is 15.3. The van der Waals surface area contributed by atoms with Gasteiger partial charge in [-0.2, -0.15) is 5.10 Å². The van der Waals surface area contributed by atoms with Crippen molar-refractivity contribution >= 4 is 22.6 Å². The van der Waals surface area contributed by atoms with Gasteiger partial charge >= 0.3 is 0 Å². The van der Waals surface area contributed by atoms with E-state index in [0.29, 0.717) is 23.1 Å². The van der Waals surface area contributed by atoms with Crippen molar-refractivity contribution in [2.24, 2.45) is 0 Å². The Bertz CT molecular complexity index is 1330. The highest BCUT2D eigenvalue weighted by atomic mass is 16.1. The van der Waals surface area contributed by atoms with Gasteiger partial charge in [-0.1, -0.05) is 48.5 Å². The maximum Gasteiger partial charge on any atom is 0.256 e. The summed E-state index contributed by atoms with van der Waals surface area (Å²) in [6.07, 6.45) is 5.21. The molecule has 1 amide bonds. The summed E-state index contributed by atoms with van der Waals surface area (Å²) in [5.41, 5.74) is 4.66. The van der Waals surface area contributed by atoms with Crippen LogP contribution < -0.4 is 5.32 Å². The van der Waals surface area contributed by atoms with Crippen LogP contribution in [0.5, 0.6) is 0 Å². The van der Waals surface area contributed by atoms with Crippen molar-refractivity contribution in [1.29, 1.82) is 0 Å². The monoisotopic (exact) mass is 405 g/mol. The Balaban J connectivity index is 1.62. The fourth-order valence-corrected chi connectivity index (χ4v) is 3.49. The van der Waals surface area contributed by atoms with E-state index in [0.717, 1.165) is 22.5 Å². The summed E-state index contributed by atoms with van der Waals surface area (Å²) >= 11 is 0. The molecule has 0 bridgehead atoms. The quantitative estimate of drug-likeness (QED) is 0.456. The van der Waals surface area contributed by atoms with E-state index in [4.69, 9.17) is 4.98 Å². The minimum absolute atomic E-state index is 0.195. The molecule has 1 N–H and O–H groups in total. The largest absolute Gasteiger partial charge is 0.322 e. The molecule has 0 fully saturated rings. The van der Waals surface area contributed by atoms with Crippen LogP contribution in [0.1, 0.15) is 15.9 Å².